The van der Waals surface area contributed by atoms with Crippen LogP contribution in [0.2, 0.25) is 0 Å². The number of benzene rings is 1. The summed E-state index contributed by atoms with van der Waals surface area (Å²) in [7, 11) is 1.77. The summed E-state index contributed by atoms with van der Waals surface area (Å²) in [6.07, 6.45) is 0. The summed E-state index contributed by atoms with van der Waals surface area (Å²) in [6.45, 7) is 0. The minimum absolute atomic E-state index is 0.627. The van der Waals surface area contributed by atoms with E-state index in [-0.39, 0.29) is 0 Å². The van der Waals surface area contributed by atoms with E-state index >= 15 is 0 Å². The molecule has 0 unspecified atom stereocenters. The van der Waals surface area contributed by atoms with Crippen molar-refractivity contribution in [3.63, 3.8) is 0 Å². The van der Waals surface area contributed by atoms with Gasteiger partial charge in [0.1, 0.15) is 0 Å². The van der Waals surface area contributed by atoms with Gasteiger partial charge < -0.3 is 0 Å². The van der Waals surface area contributed by atoms with E-state index in [1.54, 1.807) is 24.3 Å². The number of hydrogen-bond donors (Lipinski definition) is 0. The zero-order valence-electron chi connectivity index (χ0n) is 8.39. The van der Waals surface area contributed by atoms with E-state index in [1.807, 2.05) is 0 Å². The quantitative estimate of drug-likeness (QED) is 0.708. The van der Waals surface area contributed by atoms with Crippen LogP contribution in [0.3, 0.4) is 0 Å². The van der Waals surface area contributed by atoms with Gasteiger partial charge in [-0.25, -0.2) is 0 Å². The molecule has 0 saturated carbocycles. The first kappa shape index (κ1) is 11.4. The molecule has 4 nitrogen and oxygen atoms in total. The van der Waals surface area contributed by atoms with Crippen LogP contribution in [0.5, 0.6) is 5.75 Å². The smallest absolute Gasteiger partial charge is 0.261 e. The van der Waals surface area contributed by atoms with Crippen LogP contribution < -0.4 is 4.52 Å². The highest BCUT2D eigenvalue weighted by molar-refractivity contribution is 7.56. The molecule has 0 bridgehead atoms. The van der Waals surface area contributed by atoms with Gasteiger partial charge in [0.15, 0.2) is 5.75 Å². The van der Waals surface area contributed by atoms with Gasteiger partial charge in [-0.05, 0) is 18.2 Å². The Labute approximate surface area is 84.4 Å². The Morgan fingerprint density at radius 2 is 1.50 bits per heavy atom. The monoisotopic (exact) mass is 216 g/mol. The van der Waals surface area contributed by atoms with Crippen LogP contribution in [0, 0.1) is 6.07 Å². The standard InChI is InChI=1S/C9H13O4P/c1-10-14(11-2,12-3)13-9-7-5-4-6-8-9/h5-8H,1-3H3/q+1. The molecule has 1 radical (unpaired) electrons. The van der Waals surface area contributed by atoms with Gasteiger partial charge in [-0.15, -0.1) is 13.6 Å². The van der Waals surface area contributed by atoms with Crippen LogP contribution in [0.25, 0.3) is 0 Å². The molecule has 0 spiro atoms. The van der Waals surface area contributed by atoms with Gasteiger partial charge >= 0.3 is 8.17 Å². The van der Waals surface area contributed by atoms with Crippen molar-refractivity contribution in [2.45, 2.75) is 0 Å². The van der Waals surface area contributed by atoms with Crippen LogP contribution in [-0.4, -0.2) is 21.3 Å². The second kappa shape index (κ2) is 5.27. The van der Waals surface area contributed by atoms with Crippen molar-refractivity contribution < 1.29 is 18.1 Å². The molecule has 0 saturated heterocycles. The molecule has 0 amide bonds. The molecular weight excluding hydrogens is 203 g/mol. The molecule has 0 fully saturated rings. The first-order valence-corrected chi connectivity index (χ1v) is 5.44. The lowest BCUT2D eigenvalue weighted by Crippen LogP contribution is -2.07. The summed E-state index contributed by atoms with van der Waals surface area (Å²) < 4.78 is 20.7. The molecule has 1 aromatic rings. The van der Waals surface area contributed by atoms with Gasteiger partial charge in [-0.1, -0.05) is 12.1 Å². The minimum Gasteiger partial charge on any atom is -0.261 e. The van der Waals surface area contributed by atoms with E-state index in [0.717, 1.165) is 0 Å². The molecule has 0 aliphatic carbocycles. The zero-order valence-corrected chi connectivity index (χ0v) is 9.28. The molecule has 0 N–H and O–H groups in total. The topological polar surface area (TPSA) is 36.9 Å². The van der Waals surface area contributed by atoms with Crippen molar-refractivity contribution in [3.05, 3.63) is 30.3 Å². The fourth-order valence-electron chi connectivity index (χ4n) is 0.897. The lowest BCUT2D eigenvalue weighted by atomic mass is 10.3. The first-order valence-electron chi connectivity index (χ1n) is 3.98. The van der Waals surface area contributed by atoms with Crippen LogP contribution in [0.15, 0.2) is 24.3 Å². The average Bonchev–Trinajstić information content (AvgIpc) is 2.28. The number of hydrogen-bond acceptors (Lipinski definition) is 4. The molecule has 0 aliphatic rings. The van der Waals surface area contributed by atoms with Gasteiger partial charge in [-0.2, -0.15) is 0 Å². The van der Waals surface area contributed by atoms with Crippen LogP contribution in [-0.2, 0) is 13.6 Å². The highest BCUT2D eigenvalue weighted by Crippen LogP contribution is 2.60. The maximum atomic E-state index is 5.47. The Balaban J connectivity index is 2.74. The van der Waals surface area contributed by atoms with Crippen molar-refractivity contribution in [2.75, 3.05) is 21.3 Å². The maximum absolute atomic E-state index is 5.47. The largest absolute Gasteiger partial charge is 0.620 e. The summed E-state index contributed by atoms with van der Waals surface area (Å²) in [6, 6.07) is 9.88. The zero-order chi connectivity index (χ0) is 10.4. The molecule has 0 aliphatic heterocycles. The lowest BCUT2D eigenvalue weighted by Gasteiger charge is -2.14. The van der Waals surface area contributed by atoms with Gasteiger partial charge in [-0.3, -0.25) is 4.52 Å². The maximum Gasteiger partial charge on any atom is 0.620 e. The predicted molar refractivity (Wildman–Crippen MR) is 53.9 cm³/mol. The molecule has 1 rings (SSSR count). The molecule has 14 heavy (non-hydrogen) atoms. The predicted octanol–water partition coefficient (Wildman–Crippen LogP) is 2.48. The summed E-state index contributed by atoms with van der Waals surface area (Å²) in [5.74, 6) is 0.627. The van der Waals surface area contributed by atoms with E-state index in [0.29, 0.717) is 5.75 Å². The summed E-state index contributed by atoms with van der Waals surface area (Å²) >= 11 is 0. The third kappa shape index (κ3) is 2.66. The van der Waals surface area contributed by atoms with Crippen molar-refractivity contribution in [1.29, 1.82) is 0 Å². The van der Waals surface area contributed by atoms with E-state index in [9.17, 15) is 0 Å². The van der Waals surface area contributed by atoms with Crippen molar-refractivity contribution in [1.82, 2.24) is 0 Å². The first-order chi connectivity index (χ1) is 6.76. The Morgan fingerprint density at radius 1 is 1.00 bits per heavy atom. The lowest BCUT2D eigenvalue weighted by molar-refractivity contribution is 0.147. The molecule has 77 valence electrons. The fraction of sp³-hybridized carbons (Fsp3) is 0.333. The highest BCUT2D eigenvalue weighted by Gasteiger charge is 2.47. The Kier molecular flexibility index (Phi) is 4.29. The van der Waals surface area contributed by atoms with Gasteiger partial charge in [0, 0.05) is 0 Å². The summed E-state index contributed by atoms with van der Waals surface area (Å²) in [4.78, 5) is 0. The second-order valence-corrected chi connectivity index (χ2v) is 4.49. The minimum atomic E-state index is -2.67. The molecule has 0 atom stereocenters. The molecular formula is C9H13O4P+. The Hall–Kier alpha value is -0.670. The van der Waals surface area contributed by atoms with Gasteiger partial charge in [0.2, 0.25) is 0 Å². The van der Waals surface area contributed by atoms with Crippen molar-refractivity contribution in [2.24, 2.45) is 0 Å². The molecule has 0 heterocycles. The summed E-state index contributed by atoms with van der Waals surface area (Å²) in [5, 5.41) is 0. The van der Waals surface area contributed by atoms with Crippen molar-refractivity contribution >= 4 is 8.17 Å². The third-order valence-electron chi connectivity index (χ3n) is 1.58. The molecule has 1 aromatic carbocycles. The summed E-state index contributed by atoms with van der Waals surface area (Å²) in [5.41, 5.74) is 0. The van der Waals surface area contributed by atoms with Gasteiger partial charge in [0.05, 0.1) is 21.3 Å². The van der Waals surface area contributed by atoms with Crippen LogP contribution in [0.1, 0.15) is 0 Å². The van der Waals surface area contributed by atoms with Crippen molar-refractivity contribution in [3.8, 4) is 5.75 Å². The molecule has 5 heteroatoms. The van der Waals surface area contributed by atoms with Gasteiger partial charge in [0.25, 0.3) is 0 Å². The Bertz CT molecular complexity index is 253. The van der Waals surface area contributed by atoms with E-state index < -0.39 is 8.17 Å². The fourth-order valence-corrected chi connectivity index (χ4v) is 1.95. The number of rotatable bonds is 5. The third-order valence-corrected chi connectivity index (χ3v) is 3.35. The highest BCUT2D eigenvalue weighted by atomic mass is 31.2. The normalized spacial score (nSPS) is 11.4. The van der Waals surface area contributed by atoms with E-state index in [2.05, 4.69) is 6.07 Å². The van der Waals surface area contributed by atoms with E-state index in [1.165, 1.54) is 21.3 Å². The second-order valence-electron chi connectivity index (χ2n) is 2.32. The van der Waals surface area contributed by atoms with Crippen LogP contribution in [0.4, 0.5) is 0 Å². The SMILES string of the molecule is CO[P+](OC)(OC)Oc1cc[c]cc1. The average molecular weight is 216 g/mol. The van der Waals surface area contributed by atoms with E-state index in [4.69, 9.17) is 18.1 Å². The molecule has 0 aromatic heterocycles. The Morgan fingerprint density at radius 3 is 1.93 bits per heavy atom. The van der Waals surface area contributed by atoms with Crippen LogP contribution >= 0.6 is 8.17 Å².